The van der Waals surface area contributed by atoms with Gasteiger partial charge in [0.25, 0.3) is 5.91 Å². The Labute approximate surface area is 145 Å². The van der Waals surface area contributed by atoms with Crippen LogP contribution in [0.2, 0.25) is 0 Å². The second kappa shape index (κ2) is 5.12. The zero-order valence-corrected chi connectivity index (χ0v) is 15.4. The van der Waals surface area contributed by atoms with Crippen molar-refractivity contribution in [1.82, 2.24) is 20.2 Å². The van der Waals surface area contributed by atoms with E-state index in [4.69, 9.17) is 5.73 Å². The first kappa shape index (κ1) is 16.1. The normalized spacial score (nSPS) is 26.7. The van der Waals surface area contributed by atoms with Gasteiger partial charge in [-0.15, -0.1) is 0 Å². The van der Waals surface area contributed by atoms with Crippen molar-refractivity contribution < 1.29 is 30.3 Å². The molecule has 1 fully saturated rings. The molecule has 1 saturated heterocycles. The smallest absolute Gasteiger partial charge is 0.250 e. The summed E-state index contributed by atoms with van der Waals surface area (Å²) in [5, 5.41) is 19.1. The summed E-state index contributed by atoms with van der Waals surface area (Å²) in [7, 11) is 1.67. The predicted molar refractivity (Wildman–Crippen MR) is 79.5 cm³/mol. The van der Waals surface area contributed by atoms with E-state index in [1.807, 2.05) is 4.90 Å². The Morgan fingerprint density at radius 1 is 1.39 bits per heavy atom. The van der Waals surface area contributed by atoms with Crippen LogP contribution in [0.25, 0.3) is 11.0 Å². The number of carbonyl (C=O) groups is 1. The monoisotopic (exact) mass is 489 g/mol. The zero-order valence-electron chi connectivity index (χ0n) is 12.7. The molecule has 1 radical (unpaired) electrons. The van der Waals surface area contributed by atoms with Gasteiger partial charge in [0, 0.05) is 34.0 Å². The van der Waals surface area contributed by atoms with Gasteiger partial charge >= 0.3 is 0 Å². The second-order valence-electron chi connectivity index (χ2n) is 6.20. The predicted octanol–water partition coefficient (Wildman–Crippen LogP) is -0.742. The van der Waals surface area contributed by atoms with Gasteiger partial charge in [0.05, 0.1) is 11.0 Å². The van der Waals surface area contributed by atoms with Crippen LogP contribution in [-0.4, -0.2) is 51.3 Å². The Hall–Kier alpha value is -1.76. The van der Waals surface area contributed by atoms with Crippen LogP contribution in [0.3, 0.4) is 0 Å². The number of carbonyl (C=O) groups excluding carboxylic acids is 1. The van der Waals surface area contributed by atoms with Gasteiger partial charge in [-0.3, -0.25) is 9.69 Å². The van der Waals surface area contributed by atoms with Gasteiger partial charge in [-0.1, -0.05) is 0 Å². The van der Waals surface area contributed by atoms with Crippen molar-refractivity contribution in [2.75, 3.05) is 29.1 Å². The minimum Gasteiger partial charge on any atom is -0.403 e. The molecular formula is C13H16N7O2Re-. The van der Waals surface area contributed by atoms with E-state index in [1.165, 1.54) is 4.90 Å². The fourth-order valence-corrected chi connectivity index (χ4v) is 3.28. The molecule has 0 bridgehead atoms. The van der Waals surface area contributed by atoms with Gasteiger partial charge in [0.2, 0.25) is 0 Å². The maximum absolute atomic E-state index is 12.7. The number of anilines is 3. The number of aromatic nitrogens is 4. The van der Waals surface area contributed by atoms with Gasteiger partial charge in [0.15, 0.2) is 0 Å². The molecule has 1 unspecified atom stereocenters. The number of hydrogen-bond donors (Lipinski definition) is 2. The van der Waals surface area contributed by atoms with Crippen LogP contribution in [0.4, 0.5) is 17.6 Å². The van der Waals surface area contributed by atoms with Crippen molar-refractivity contribution >= 4 is 34.5 Å². The number of hydrogen-bond acceptors (Lipinski definition) is 7. The van der Waals surface area contributed by atoms with Crippen LogP contribution in [-0.2, 0) is 25.2 Å². The summed E-state index contributed by atoms with van der Waals surface area (Å²) in [6, 6.07) is -0.392. The third-order valence-electron chi connectivity index (χ3n) is 4.40. The first-order valence-electron chi connectivity index (χ1n) is 7.10. The Bertz CT molecular complexity index is 790. The molecule has 123 valence electrons. The first-order valence-corrected chi connectivity index (χ1v) is 7.10. The minimum atomic E-state index is -0.890. The number of amides is 1. The molecule has 2 aliphatic heterocycles. The van der Waals surface area contributed by atoms with Gasteiger partial charge < -0.3 is 25.8 Å². The number of likely N-dealkylation sites (N-methyl/N-ethyl adjacent to an activating group) is 1. The number of fused-ring (bicyclic) bond motifs is 2. The fourth-order valence-electron chi connectivity index (χ4n) is 3.28. The van der Waals surface area contributed by atoms with E-state index in [2.05, 4.69) is 20.2 Å². The third kappa shape index (κ3) is 2.29. The number of rotatable bonds is 0. The summed E-state index contributed by atoms with van der Waals surface area (Å²) >= 11 is 0. The van der Waals surface area contributed by atoms with E-state index in [-0.39, 0.29) is 32.3 Å². The van der Waals surface area contributed by atoms with Gasteiger partial charge in [-0.25, -0.2) is 10.1 Å². The largest absolute Gasteiger partial charge is 0.403 e. The Morgan fingerprint density at radius 3 is 2.87 bits per heavy atom. The molecule has 2 aromatic heterocycles. The average molecular weight is 489 g/mol. The van der Waals surface area contributed by atoms with Crippen LogP contribution in [0.15, 0.2) is 0 Å². The minimum absolute atomic E-state index is 0. The van der Waals surface area contributed by atoms with Crippen molar-refractivity contribution in [3.05, 3.63) is 0 Å². The van der Waals surface area contributed by atoms with Gasteiger partial charge in [0.1, 0.15) is 23.6 Å². The van der Waals surface area contributed by atoms with Gasteiger partial charge in [-0.2, -0.15) is 0 Å². The summed E-state index contributed by atoms with van der Waals surface area (Å²) in [6.07, 6.45) is 1.09. The van der Waals surface area contributed by atoms with Crippen LogP contribution >= 0.6 is 0 Å². The molecule has 4 rings (SSSR count). The molecule has 0 spiro atoms. The van der Waals surface area contributed by atoms with Crippen molar-refractivity contribution in [1.29, 1.82) is 0 Å². The van der Waals surface area contributed by atoms with Crippen molar-refractivity contribution in [2.45, 2.75) is 31.4 Å². The summed E-state index contributed by atoms with van der Waals surface area (Å²) in [5.74, 6) is 0.943. The van der Waals surface area contributed by atoms with Crippen LogP contribution in [0.1, 0.15) is 19.8 Å². The standard InChI is InChI=1S/C13H16N7O2.Re/c1-13(22)4-3-6-11(21)19(2)10-7-8(17-18-10)15-12(14)16-9(7)20(6)5-13;/h6,22H,3-5H2,1-2H3,(H2-,14,15,16,17,18);/q-1;/t6?,13-;/m0./s1. The number of nitrogens with two attached hydrogens (primary N) is 1. The molecule has 23 heavy (non-hydrogen) atoms. The molecule has 4 heterocycles. The molecule has 10 heteroatoms. The molecule has 2 atom stereocenters. The molecule has 3 N–H and O–H groups in total. The van der Waals surface area contributed by atoms with E-state index >= 15 is 0 Å². The number of piperidine rings is 1. The summed E-state index contributed by atoms with van der Waals surface area (Å²) < 4.78 is 0. The van der Waals surface area contributed by atoms with E-state index in [9.17, 15) is 9.90 Å². The summed E-state index contributed by atoms with van der Waals surface area (Å²) in [4.78, 5) is 24.4. The summed E-state index contributed by atoms with van der Waals surface area (Å²) in [6.45, 7) is 2.06. The molecule has 0 aromatic carbocycles. The van der Waals surface area contributed by atoms with Crippen LogP contribution in [0, 0.1) is 0 Å². The first-order chi connectivity index (χ1) is 10.4. The SMILES string of the molecule is CN1C(=O)C2CC[C@](C)(O)CN2c2nc(N)nc3[n-]nc1c23.[Re]. The number of nitrogen functional groups attached to an aromatic ring is 1. The Balaban J connectivity index is 0.00000156. The zero-order chi connectivity index (χ0) is 15.6. The molecular weight excluding hydrogens is 472 g/mol. The third-order valence-corrected chi connectivity index (χ3v) is 4.40. The fraction of sp³-hybridized carbons (Fsp3) is 0.538. The van der Waals surface area contributed by atoms with E-state index < -0.39 is 11.6 Å². The average Bonchev–Trinajstić information content (AvgIpc) is 2.84. The Morgan fingerprint density at radius 2 is 2.13 bits per heavy atom. The number of nitrogens with zero attached hydrogens (tertiary/aromatic N) is 6. The molecule has 1 amide bonds. The van der Waals surface area contributed by atoms with Crippen LogP contribution in [0.5, 0.6) is 0 Å². The van der Waals surface area contributed by atoms with Crippen molar-refractivity contribution in [2.24, 2.45) is 0 Å². The molecule has 0 aliphatic carbocycles. The van der Waals surface area contributed by atoms with Gasteiger partial charge in [-0.05, 0) is 25.4 Å². The van der Waals surface area contributed by atoms with E-state index in [0.29, 0.717) is 42.1 Å². The van der Waals surface area contributed by atoms with E-state index in [1.54, 1.807) is 14.0 Å². The van der Waals surface area contributed by atoms with E-state index in [0.717, 1.165) is 0 Å². The maximum Gasteiger partial charge on any atom is 0.250 e. The van der Waals surface area contributed by atoms with Crippen LogP contribution < -0.4 is 20.6 Å². The molecule has 9 nitrogen and oxygen atoms in total. The van der Waals surface area contributed by atoms with Crippen molar-refractivity contribution in [3.63, 3.8) is 0 Å². The maximum atomic E-state index is 12.7. The topological polar surface area (TPSA) is 123 Å². The Kier molecular flexibility index (Phi) is 3.59. The molecule has 2 aromatic rings. The second-order valence-corrected chi connectivity index (χ2v) is 6.20. The molecule has 0 saturated carbocycles. The summed E-state index contributed by atoms with van der Waals surface area (Å²) in [5.41, 5.74) is 5.24. The quantitative estimate of drug-likeness (QED) is 0.497. The van der Waals surface area contributed by atoms with Crippen molar-refractivity contribution in [3.8, 4) is 0 Å². The number of aliphatic hydroxyl groups is 1. The molecule has 2 aliphatic rings.